The van der Waals surface area contributed by atoms with E-state index in [-0.39, 0.29) is 11.4 Å². The second kappa shape index (κ2) is 5.91. The summed E-state index contributed by atoms with van der Waals surface area (Å²) in [6, 6.07) is 9.66. The Hall–Kier alpha value is -3.09. The number of non-ortho nitro benzene ring substituents is 1. The number of phenols is 1. The van der Waals surface area contributed by atoms with Crippen molar-refractivity contribution in [2.24, 2.45) is 0 Å². The smallest absolute Gasteiger partial charge is 0.323 e. The SMILES string of the molecule is Cc1ccc([N+](=O)[O-])cc1NC(=O)Nc1ccc(O)cc1. The predicted octanol–water partition coefficient (Wildman–Crippen LogP) is 3.25. The molecule has 3 N–H and O–H groups in total. The lowest BCUT2D eigenvalue weighted by molar-refractivity contribution is -0.384. The van der Waals surface area contributed by atoms with E-state index in [0.29, 0.717) is 16.9 Å². The molecule has 2 amide bonds. The van der Waals surface area contributed by atoms with Crippen LogP contribution in [0.1, 0.15) is 5.56 Å². The summed E-state index contributed by atoms with van der Waals surface area (Å²) in [5, 5.41) is 25.0. The number of carbonyl (C=O) groups is 1. The van der Waals surface area contributed by atoms with E-state index in [1.54, 1.807) is 13.0 Å². The van der Waals surface area contributed by atoms with Crippen molar-refractivity contribution < 1.29 is 14.8 Å². The van der Waals surface area contributed by atoms with Gasteiger partial charge in [0.15, 0.2) is 0 Å². The monoisotopic (exact) mass is 287 g/mol. The van der Waals surface area contributed by atoms with Crippen molar-refractivity contribution >= 4 is 23.1 Å². The Morgan fingerprint density at radius 3 is 2.43 bits per heavy atom. The number of amides is 2. The number of benzene rings is 2. The number of rotatable bonds is 3. The molecule has 0 aliphatic rings. The van der Waals surface area contributed by atoms with Gasteiger partial charge in [-0.2, -0.15) is 0 Å². The van der Waals surface area contributed by atoms with Crippen LogP contribution in [-0.4, -0.2) is 16.1 Å². The first-order chi connectivity index (χ1) is 9.95. The molecule has 7 nitrogen and oxygen atoms in total. The summed E-state index contributed by atoms with van der Waals surface area (Å²) in [5.74, 6) is 0.0930. The zero-order valence-electron chi connectivity index (χ0n) is 11.2. The van der Waals surface area contributed by atoms with E-state index in [1.807, 2.05) is 0 Å². The van der Waals surface area contributed by atoms with Crippen LogP contribution < -0.4 is 10.6 Å². The molecule has 0 spiro atoms. The highest BCUT2D eigenvalue weighted by Gasteiger charge is 2.11. The molecule has 0 aliphatic carbocycles. The third-order valence-electron chi connectivity index (χ3n) is 2.81. The number of hydrogen-bond acceptors (Lipinski definition) is 4. The van der Waals surface area contributed by atoms with Crippen molar-refractivity contribution in [1.82, 2.24) is 0 Å². The summed E-state index contributed by atoms with van der Waals surface area (Å²) in [6.07, 6.45) is 0. The molecule has 0 fully saturated rings. The van der Waals surface area contributed by atoms with Crippen LogP contribution in [0.4, 0.5) is 21.9 Å². The summed E-state index contributed by atoms with van der Waals surface area (Å²) in [6.45, 7) is 1.74. The van der Waals surface area contributed by atoms with Gasteiger partial charge in [0.2, 0.25) is 0 Å². The molecule has 0 aromatic heterocycles. The highest BCUT2D eigenvalue weighted by Crippen LogP contribution is 2.22. The molecule has 108 valence electrons. The number of aryl methyl sites for hydroxylation is 1. The van der Waals surface area contributed by atoms with Gasteiger partial charge in [0.05, 0.1) is 10.6 Å². The second-order valence-corrected chi connectivity index (χ2v) is 4.38. The first-order valence-electron chi connectivity index (χ1n) is 6.08. The molecule has 7 heteroatoms. The van der Waals surface area contributed by atoms with Crippen molar-refractivity contribution in [1.29, 1.82) is 0 Å². The number of nitrogens with one attached hydrogen (secondary N) is 2. The van der Waals surface area contributed by atoms with Gasteiger partial charge in [-0.3, -0.25) is 10.1 Å². The van der Waals surface area contributed by atoms with Gasteiger partial charge >= 0.3 is 6.03 Å². The lowest BCUT2D eigenvalue weighted by Crippen LogP contribution is -2.20. The molecule has 0 aliphatic heterocycles. The minimum atomic E-state index is -0.525. The summed E-state index contributed by atoms with van der Waals surface area (Å²) in [4.78, 5) is 22.0. The van der Waals surface area contributed by atoms with E-state index < -0.39 is 11.0 Å². The van der Waals surface area contributed by atoms with Gasteiger partial charge in [-0.1, -0.05) is 6.07 Å². The molecule has 0 saturated carbocycles. The van der Waals surface area contributed by atoms with Crippen LogP contribution in [0.25, 0.3) is 0 Å². The number of aromatic hydroxyl groups is 1. The van der Waals surface area contributed by atoms with E-state index in [0.717, 1.165) is 0 Å². The molecule has 21 heavy (non-hydrogen) atoms. The maximum Gasteiger partial charge on any atom is 0.323 e. The molecule has 0 saturated heterocycles. The fourth-order valence-electron chi connectivity index (χ4n) is 1.69. The van der Waals surface area contributed by atoms with Gasteiger partial charge in [0.1, 0.15) is 5.75 Å². The minimum absolute atomic E-state index is 0.0930. The third-order valence-corrected chi connectivity index (χ3v) is 2.81. The number of nitro groups is 1. The Balaban J connectivity index is 2.10. The number of carbonyl (C=O) groups excluding carboxylic acids is 1. The minimum Gasteiger partial charge on any atom is -0.508 e. The molecule has 0 bridgehead atoms. The van der Waals surface area contributed by atoms with E-state index >= 15 is 0 Å². The van der Waals surface area contributed by atoms with Gasteiger partial charge in [0, 0.05) is 17.8 Å². The lowest BCUT2D eigenvalue weighted by Gasteiger charge is -2.09. The van der Waals surface area contributed by atoms with Crippen molar-refractivity contribution in [3.63, 3.8) is 0 Å². The predicted molar refractivity (Wildman–Crippen MR) is 78.6 cm³/mol. The Kier molecular flexibility index (Phi) is 4.03. The Morgan fingerprint density at radius 1 is 1.14 bits per heavy atom. The Labute approximate surface area is 120 Å². The number of phenolic OH excluding ortho intramolecular Hbond substituents is 1. The van der Waals surface area contributed by atoms with Crippen molar-refractivity contribution in [3.05, 3.63) is 58.1 Å². The van der Waals surface area contributed by atoms with Crippen LogP contribution in [0, 0.1) is 17.0 Å². The second-order valence-electron chi connectivity index (χ2n) is 4.38. The van der Waals surface area contributed by atoms with Crippen LogP contribution >= 0.6 is 0 Å². The highest BCUT2D eigenvalue weighted by atomic mass is 16.6. The first-order valence-corrected chi connectivity index (χ1v) is 6.08. The molecule has 0 unspecified atom stereocenters. The van der Waals surface area contributed by atoms with Crippen LogP contribution in [-0.2, 0) is 0 Å². The molecule has 0 heterocycles. The van der Waals surface area contributed by atoms with Crippen molar-refractivity contribution in [2.45, 2.75) is 6.92 Å². The van der Waals surface area contributed by atoms with Gasteiger partial charge in [-0.25, -0.2) is 4.79 Å². The van der Waals surface area contributed by atoms with Gasteiger partial charge in [-0.05, 0) is 36.8 Å². The van der Waals surface area contributed by atoms with Crippen molar-refractivity contribution in [2.75, 3.05) is 10.6 Å². The number of urea groups is 1. The zero-order chi connectivity index (χ0) is 15.4. The zero-order valence-corrected chi connectivity index (χ0v) is 11.2. The molecule has 0 atom stereocenters. The molecule has 0 radical (unpaired) electrons. The van der Waals surface area contributed by atoms with Crippen LogP contribution in [0.5, 0.6) is 5.75 Å². The summed E-state index contributed by atoms with van der Waals surface area (Å²) in [5.41, 5.74) is 1.47. The number of hydrogen-bond donors (Lipinski definition) is 3. The normalized spacial score (nSPS) is 9.95. The molecule has 2 aromatic carbocycles. The first kappa shape index (κ1) is 14.3. The average Bonchev–Trinajstić information content (AvgIpc) is 2.43. The Bertz CT molecular complexity index is 683. The summed E-state index contributed by atoms with van der Waals surface area (Å²) < 4.78 is 0. The van der Waals surface area contributed by atoms with Crippen molar-refractivity contribution in [3.8, 4) is 5.75 Å². The van der Waals surface area contributed by atoms with E-state index in [1.165, 1.54) is 36.4 Å². The molecule has 2 aromatic rings. The van der Waals surface area contributed by atoms with Gasteiger partial charge in [-0.15, -0.1) is 0 Å². The topological polar surface area (TPSA) is 105 Å². The summed E-state index contributed by atoms with van der Waals surface area (Å²) >= 11 is 0. The quantitative estimate of drug-likeness (QED) is 0.457. The fourth-order valence-corrected chi connectivity index (χ4v) is 1.69. The van der Waals surface area contributed by atoms with E-state index in [2.05, 4.69) is 10.6 Å². The van der Waals surface area contributed by atoms with E-state index in [9.17, 15) is 14.9 Å². The number of nitrogens with zero attached hydrogens (tertiary/aromatic N) is 1. The third kappa shape index (κ3) is 3.69. The Morgan fingerprint density at radius 2 is 1.81 bits per heavy atom. The average molecular weight is 287 g/mol. The largest absolute Gasteiger partial charge is 0.508 e. The number of nitro benzene ring substituents is 1. The number of anilines is 2. The van der Waals surface area contributed by atoms with Crippen LogP contribution in [0.15, 0.2) is 42.5 Å². The maximum absolute atomic E-state index is 11.8. The van der Waals surface area contributed by atoms with Gasteiger partial charge < -0.3 is 15.7 Å². The lowest BCUT2D eigenvalue weighted by atomic mass is 10.2. The summed E-state index contributed by atoms with van der Waals surface area (Å²) in [7, 11) is 0. The van der Waals surface area contributed by atoms with Crippen LogP contribution in [0.3, 0.4) is 0 Å². The molecular formula is C14H13N3O4. The molecule has 2 rings (SSSR count). The molecular weight excluding hydrogens is 274 g/mol. The standard InChI is InChI=1S/C14H13N3O4/c1-9-2-5-11(17(20)21)8-13(9)16-14(19)15-10-3-6-12(18)7-4-10/h2-8,18H,1H3,(H2,15,16,19). The van der Waals surface area contributed by atoms with Crippen LogP contribution in [0.2, 0.25) is 0 Å². The highest BCUT2D eigenvalue weighted by molar-refractivity contribution is 6.00. The van der Waals surface area contributed by atoms with Gasteiger partial charge in [0.25, 0.3) is 5.69 Å². The maximum atomic E-state index is 11.8. The fraction of sp³-hybridized carbons (Fsp3) is 0.0714. The van der Waals surface area contributed by atoms with E-state index in [4.69, 9.17) is 5.11 Å².